The smallest absolute Gasteiger partial charge is 0.414 e. The molecule has 2 N–H and O–H groups in total. The summed E-state index contributed by atoms with van der Waals surface area (Å²) in [6.07, 6.45) is 2.78. The lowest BCUT2D eigenvalue weighted by Gasteiger charge is -2.22. The first-order valence-electron chi connectivity index (χ1n) is 8.26. The normalized spacial score (nSPS) is 16.5. The highest BCUT2D eigenvalue weighted by Crippen LogP contribution is 2.30. The molecule has 11 heteroatoms. The Morgan fingerprint density at radius 3 is 2.78 bits per heavy atom. The van der Waals surface area contributed by atoms with Crippen molar-refractivity contribution >= 4 is 23.8 Å². The van der Waals surface area contributed by atoms with Crippen molar-refractivity contribution in [1.82, 2.24) is 20.3 Å². The van der Waals surface area contributed by atoms with Crippen LogP contribution in [-0.4, -0.2) is 60.2 Å². The van der Waals surface area contributed by atoms with E-state index in [0.29, 0.717) is 6.54 Å². The third-order valence-corrected chi connectivity index (χ3v) is 4.10. The van der Waals surface area contributed by atoms with E-state index in [1.54, 1.807) is 13.2 Å². The van der Waals surface area contributed by atoms with E-state index in [4.69, 9.17) is 10.1 Å². The highest BCUT2D eigenvalue weighted by atomic mass is 19.1. The average Bonchev–Trinajstić information content (AvgIpc) is 3.27. The topological polar surface area (TPSA) is 99.4 Å². The Balaban J connectivity index is 1.79. The number of benzene rings is 1. The van der Waals surface area contributed by atoms with Gasteiger partial charge >= 0.3 is 6.09 Å². The predicted octanol–water partition coefficient (Wildman–Crippen LogP) is 1.21. The Morgan fingerprint density at radius 1 is 1.44 bits per heavy atom. The zero-order valence-electron chi connectivity index (χ0n) is 14.6. The number of likely N-dealkylation sites (N-methyl/N-ethyl adjacent to an activating group) is 1. The molecule has 9 nitrogen and oxygen atoms in total. The summed E-state index contributed by atoms with van der Waals surface area (Å²) < 4.78 is 35.8. The van der Waals surface area contributed by atoms with Gasteiger partial charge in [0.25, 0.3) is 0 Å². The fourth-order valence-corrected chi connectivity index (χ4v) is 2.82. The molecule has 0 saturated carbocycles. The van der Waals surface area contributed by atoms with Gasteiger partial charge < -0.3 is 15.0 Å². The number of cyclic esters (lactones) is 1. The maximum atomic E-state index is 14.6. The maximum absolute atomic E-state index is 14.6. The van der Waals surface area contributed by atoms with Crippen LogP contribution in [-0.2, 0) is 11.3 Å². The van der Waals surface area contributed by atoms with Crippen LogP contribution < -0.4 is 15.1 Å². The van der Waals surface area contributed by atoms with Crippen LogP contribution in [0.4, 0.5) is 25.0 Å². The Hall–Kier alpha value is -3.08. The molecule has 2 aromatic rings. The van der Waals surface area contributed by atoms with Crippen molar-refractivity contribution in [3.8, 4) is 0 Å². The number of ether oxygens (including phenoxy) is 1. The van der Waals surface area contributed by atoms with Gasteiger partial charge in [-0.05, 0) is 7.05 Å². The van der Waals surface area contributed by atoms with Crippen molar-refractivity contribution in [1.29, 1.82) is 5.41 Å². The van der Waals surface area contributed by atoms with E-state index in [1.807, 2.05) is 0 Å². The molecule has 27 heavy (non-hydrogen) atoms. The van der Waals surface area contributed by atoms with Crippen LogP contribution in [0.1, 0.15) is 0 Å². The minimum absolute atomic E-state index is 0.0541. The highest BCUT2D eigenvalue weighted by Gasteiger charge is 2.34. The van der Waals surface area contributed by atoms with Crippen molar-refractivity contribution in [3.63, 3.8) is 0 Å². The summed E-state index contributed by atoms with van der Waals surface area (Å²) >= 11 is 0. The summed E-state index contributed by atoms with van der Waals surface area (Å²) in [6.45, 7) is 1.08. The van der Waals surface area contributed by atoms with Gasteiger partial charge in [0.15, 0.2) is 11.6 Å². The number of hydrogen-bond donors (Lipinski definition) is 2. The molecule has 1 aromatic heterocycles. The summed E-state index contributed by atoms with van der Waals surface area (Å²) in [5, 5.41) is 17.7. The Bertz CT molecular complexity index is 792. The van der Waals surface area contributed by atoms with E-state index in [1.165, 1.54) is 15.8 Å². The van der Waals surface area contributed by atoms with Crippen LogP contribution in [0.15, 0.2) is 24.5 Å². The standard InChI is InChI=1S/C16H19F2N7O2/c1-20-2-4-23(10-19)15-13(17)6-11(7-14(15)18)25-9-12(27-16(25)26)8-24-5-3-21-22-24/h3,5-7,10,12,19-20H,2,4,8-9H2,1H3. The predicted molar refractivity (Wildman–Crippen MR) is 94.1 cm³/mol. The van der Waals surface area contributed by atoms with E-state index in [9.17, 15) is 13.6 Å². The lowest BCUT2D eigenvalue weighted by atomic mass is 10.2. The minimum Gasteiger partial charge on any atom is -0.442 e. The molecule has 0 spiro atoms. The molecule has 1 unspecified atom stereocenters. The zero-order chi connectivity index (χ0) is 19.4. The molecule has 1 amide bonds. The summed E-state index contributed by atoms with van der Waals surface area (Å²) in [4.78, 5) is 14.4. The summed E-state index contributed by atoms with van der Waals surface area (Å²) in [5.74, 6) is -1.73. The summed E-state index contributed by atoms with van der Waals surface area (Å²) in [5.41, 5.74) is -0.283. The van der Waals surface area contributed by atoms with Crippen LogP contribution in [0.5, 0.6) is 0 Å². The number of nitrogens with one attached hydrogen (secondary N) is 2. The molecule has 1 aromatic carbocycles. The number of carbonyl (C=O) groups is 1. The molecule has 1 fully saturated rings. The van der Waals surface area contributed by atoms with Gasteiger partial charge in [-0.2, -0.15) is 0 Å². The number of aromatic nitrogens is 3. The van der Waals surface area contributed by atoms with Gasteiger partial charge in [0.2, 0.25) is 0 Å². The second kappa shape index (κ2) is 8.08. The molecule has 3 rings (SSSR count). The number of carbonyl (C=O) groups excluding carboxylic acids is 1. The van der Waals surface area contributed by atoms with E-state index in [-0.39, 0.29) is 31.0 Å². The molecular formula is C16H19F2N7O2. The Morgan fingerprint density at radius 2 is 2.19 bits per heavy atom. The quantitative estimate of drug-likeness (QED) is 0.528. The molecule has 1 aliphatic rings. The van der Waals surface area contributed by atoms with Gasteiger partial charge in [-0.3, -0.25) is 10.3 Å². The van der Waals surface area contributed by atoms with E-state index in [2.05, 4.69) is 15.6 Å². The van der Waals surface area contributed by atoms with Crippen molar-refractivity contribution in [2.75, 3.05) is 36.5 Å². The van der Waals surface area contributed by atoms with Crippen LogP contribution >= 0.6 is 0 Å². The number of halogens is 2. The van der Waals surface area contributed by atoms with Crippen molar-refractivity contribution < 1.29 is 18.3 Å². The molecular weight excluding hydrogens is 360 g/mol. The minimum atomic E-state index is -0.864. The molecule has 2 heterocycles. The largest absolute Gasteiger partial charge is 0.442 e. The second-order valence-electron chi connectivity index (χ2n) is 5.93. The third kappa shape index (κ3) is 4.03. The molecule has 1 saturated heterocycles. The first-order valence-corrected chi connectivity index (χ1v) is 8.26. The van der Waals surface area contributed by atoms with Gasteiger partial charge in [-0.15, -0.1) is 5.10 Å². The first kappa shape index (κ1) is 18.7. The Labute approximate surface area is 154 Å². The van der Waals surface area contributed by atoms with Crippen LogP contribution in [0.2, 0.25) is 0 Å². The Kier molecular flexibility index (Phi) is 5.60. The van der Waals surface area contributed by atoms with Gasteiger partial charge in [0.05, 0.1) is 31.3 Å². The monoisotopic (exact) mass is 379 g/mol. The molecule has 0 bridgehead atoms. The van der Waals surface area contributed by atoms with E-state index >= 15 is 0 Å². The number of nitrogens with zero attached hydrogens (tertiary/aromatic N) is 5. The maximum Gasteiger partial charge on any atom is 0.414 e. The lowest BCUT2D eigenvalue weighted by Crippen LogP contribution is -2.31. The van der Waals surface area contributed by atoms with Crippen molar-refractivity contribution in [2.24, 2.45) is 0 Å². The van der Waals surface area contributed by atoms with Gasteiger partial charge in [-0.25, -0.2) is 18.3 Å². The highest BCUT2D eigenvalue weighted by molar-refractivity contribution is 5.90. The summed E-state index contributed by atoms with van der Waals surface area (Å²) in [6, 6.07) is 2.13. The fourth-order valence-electron chi connectivity index (χ4n) is 2.82. The van der Waals surface area contributed by atoms with Crippen molar-refractivity contribution in [3.05, 3.63) is 36.2 Å². The second-order valence-corrected chi connectivity index (χ2v) is 5.93. The van der Waals surface area contributed by atoms with Crippen LogP contribution in [0.3, 0.4) is 0 Å². The molecule has 1 atom stereocenters. The average molecular weight is 379 g/mol. The van der Waals surface area contributed by atoms with Gasteiger partial charge in [-0.1, -0.05) is 5.21 Å². The van der Waals surface area contributed by atoms with Gasteiger partial charge in [0, 0.05) is 31.4 Å². The number of amides is 1. The fraction of sp³-hybridized carbons (Fsp3) is 0.375. The van der Waals surface area contributed by atoms with Crippen molar-refractivity contribution in [2.45, 2.75) is 12.6 Å². The van der Waals surface area contributed by atoms with E-state index < -0.39 is 23.8 Å². The number of rotatable bonds is 8. The van der Waals surface area contributed by atoms with E-state index in [0.717, 1.165) is 23.4 Å². The zero-order valence-corrected chi connectivity index (χ0v) is 14.6. The SMILES string of the molecule is CNCCN(C=N)c1c(F)cc(N2CC(Cn3ccnn3)OC2=O)cc1F. The number of anilines is 2. The van der Waals surface area contributed by atoms with Crippen LogP contribution in [0, 0.1) is 17.0 Å². The molecule has 0 radical (unpaired) electrons. The summed E-state index contributed by atoms with van der Waals surface area (Å²) in [7, 11) is 1.70. The molecule has 144 valence electrons. The lowest BCUT2D eigenvalue weighted by molar-refractivity contribution is 0.129. The van der Waals surface area contributed by atoms with Crippen LogP contribution in [0.25, 0.3) is 0 Å². The van der Waals surface area contributed by atoms with Gasteiger partial charge in [0.1, 0.15) is 11.8 Å². The molecule has 1 aliphatic heterocycles. The third-order valence-electron chi connectivity index (χ3n) is 4.10. The molecule has 0 aliphatic carbocycles. The number of hydrogen-bond acceptors (Lipinski definition) is 6. The first-order chi connectivity index (χ1) is 13.0.